The second-order valence-electron chi connectivity index (χ2n) is 7.41. The molecule has 0 aliphatic carbocycles. The third-order valence-electron chi connectivity index (χ3n) is 5.06. The number of hydrogen-bond acceptors (Lipinski definition) is 5. The number of carbonyl (C=O) groups is 1. The van der Waals surface area contributed by atoms with Crippen molar-refractivity contribution >= 4 is 35.8 Å². The van der Waals surface area contributed by atoms with Crippen molar-refractivity contribution in [3.63, 3.8) is 0 Å². The monoisotopic (exact) mass is 511 g/mol. The van der Waals surface area contributed by atoms with Crippen LogP contribution in [0.5, 0.6) is 0 Å². The van der Waals surface area contributed by atoms with E-state index in [1.54, 1.807) is 0 Å². The van der Waals surface area contributed by atoms with Gasteiger partial charge >= 0.3 is 0 Å². The third-order valence-corrected chi connectivity index (χ3v) is 5.06. The highest BCUT2D eigenvalue weighted by atomic mass is 127. The maximum atomic E-state index is 11.0. The van der Waals surface area contributed by atoms with Crippen LogP contribution < -0.4 is 16.4 Å². The first-order chi connectivity index (χ1) is 13.2. The van der Waals surface area contributed by atoms with Gasteiger partial charge in [0.25, 0.3) is 0 Å². The molecule has 4 N–H and O–H groups in total. The van der Waals surface area contributed by atoms with E-state index in [4.69, 9.17) is 15.2 Å². The lowest BCUT2D eigenvalue weighted by Gasteiger charge is -2.32. The number of hydrogen-bond donors (Lipinski definition) is 3. The van der Waals surface area contributed by atoms with Crippen LogP contribution in [0.3, 0.4) is 0 Å². The number of guanidine groups is 1. The topological polar surface area (TPSA) is 101 Å². The minimum Gasteiger partial charge on any atom is -0.381 e. The van der Waals surface area contributed by atoms with Gasteiger partial charge in [0.05, 0.1) is 6.54 Å². The average molecular weight is 511 g/mol. The maximum Gasteiger partial charge on any atom is 0.231 e. The van der Waals surface area contributed by atoms with E-state index in [0.29, 0.717) is 18.5 Å². The zero-order chi connectivity index (χ0) is 19.3. The Labute approximate surface area is 186 Å². The van der Waals surface area contributed by atoms with Gasteiger partial charge in [-0.05, 0) is 44.9 Å². The van der Waals surface area contributed by atoms with Gasteiger partial charge in [-0.15, -0.1) is 24.0 Å². The van der Waals surface area contributed by atoms with Crippen molar-refractivity contribution in [2.45, 2.75) is 45.1 Å². The first-order valence-electron chi connectivity index (χ1n) is 10.4. The molecule has 1 amide bonds. The van der Waals surface area contributed by atoms with Crippen molar-refractivity contribution < 1.29 is 14.3 Å². The number of nitrogens with one attached hydrogen (secondary N) is 2. The molecule has 2 fully saturated rings. The predicted octanol–water partition coefficient (Wildman–Crippen LogP) is 0.943. The Kier molecular flexibility index (Phi) is 13.8. The quantitative estimate of drug-likeness (QED) is 0.175. The summed E-state index contributed by atoms with van der Waals surface area (Å²) in [6, 6.07) is 0.386. The smallest absolute Gasteiger partial charge is 0.231 e. The molecule has 0 aromatic carbocycles. The highest BCUT2D eigenvalue weighted by molar-refractivity contribution is 14.0. The summed E-state index contributed by atoms with van der Waals surface area (Å²) in [7, 11) is 0. The van der Waals surface area contributed by atoms with Crippen molar-refractivity contribution in [2.75, 3.05) is 59.2 Å². The minimum atomic E-state index is -0.254. The highest BCUT2D eigenvalue weighted by Gasteiger charge is 2.20. The standard InChI is InChI=1S/C19H37N5O3.HI/c1-2-21-19(23-17-4-9-24(10-5-17)14-18(20)25)22-8-3-11-27-15-16-6-12-26-13-7-16;/h16-17H,2-15H2,1H3,(H2,20,25)(H2,21,22,23);1H. The number of aliphatic imine (C=N–C) groups is 1. The molecule has 28 heavy (non-hydrogen) atoms. The Hall–Kier alpha value is -0.650. The zero-order valence-corrected chi connectivity index (χ0v) is 19.5. The van der Waals surface area contributed by atoms with E-state index in [0.717, 1.165) is 90.7 Å². The van der Waals surface area contributed by atoms with Gasteiger partial charge in [-0.1, -0.05) is 0 Å². The van der Waals surface area contributed by atoms with Gasteiger partial charge < -0.3 is 25.8 Å². The molecule has 2 aliphatic heterocycles. The zero-order valence-electron chi connectivity index (χ0n) is 17.2. The molecule has 2 heterocycles. The van der Waals surface area contributed by atoms with E-state index < -0.39 is 0 Å². The Balaban J connectivity index is 0.00000392. The molecule has 0 spiro atoms. The summed E-state index contributed by atoms with van der Waals surface area (Å²) >= 11 is 0. The molecule has 0 unspecified atom stereocenters. The lowest BCUT2D eigenvalue weighted by atomic mass is 10.0. The number of piperidine rings is 1. The Morgan fingerprint density at radius 3 is 2.61 bits per heavy atom. The minimum absolute atomic E-state index is 0. The van der Waals surface area contributed by atoms with Crippen molar-refractivity contribution in [3.8, 4) is 0 Å². The fourth-order valence-corrected chi connectivity index (χ4v) is 3.49. The lowest BCUT2D eigenvalue weighted by molar-refractivity contribution is -0.119. The summed E-state index contributed by atoms with van der Waals surface area (Å²) in [5.41, 5.74) is 5.27. The number of nitrogens with two attached hydrogens (primary N) is 1. The van der Waals surface area contributed by atoms with Crippen LogP contribution in [0, 0.1) is 5.92 Å². The number of carbonyl (C=O) groups excluding carboxylic acids is 1. The molecule has 2 rings (SSSR count). The largest absolute Gasteiger partial charge is 0.381 e. The first kappa shape index (κ1) is 25.4. The molecule has 0 saturated carbocycles. The molecule has 8 nitrogen and oxygen atoms in total. The van der Waals surface area contributed by atoms with Crippen LogP contribution in [0.25, 0.3) is 0 Å². The van der Waals surface area contributed by atoms with Crippen LogP contribution in [0.2, 0.25) is 0 Å². The van der Waals surface area contributed by atoms with E-state index in [1.165, 1.54) is 0 Å². The molecule has 0 aromatic heterocycles. The molecule has 164 valence electrons. The molecular formula is C19H38IN5O3. The normalized spacial score (nSPS) is 19.8. The molecule has 9 heteroatoms. The van der Waals surface area contributed by atoms with Crippen molar-refractivity contribution in [2.24, 2.45) is 16.6 Å². The summed E-state index contributed by atoms with van der Waals surface area (Å²) in [6.07, 6.45) is 5.14. The van der Waals surface area contributed by atoms with E-state index in [9.17, 15) is 4.79 Å². The Bertz CT molecular complexity index is 453. The van der Waals surface area contributed by atoms with Crippen LogP contribution in [0.4, 0.5) is 0 Å². The second-order valence-corrected chi connectivity index (χ2v) is 7.41. The van der Waals surface area contributed by atoms with Gasteiger partial charge in [0.1, 0.15) is 0 Å². The van der Waals surface area contributed by atoms with E-state index in [-0.39, 0.29) is 29.9 Å². The van der Waals surface area contributed by atoms with Crippen molar-refractivity contribution in [3.05, 3.63) is 0 Å². The molecule has 0 bridgehead atoms. The van der Waals surface area contributed by atoms with Crippen LogP contribution >= 0.6 is 24.0 Å². The number of likely N-dealkylation sites (tertiary alicyclic amines) is 1. The van der Waals surface area contributed by atoms with Gasteiger partial charge in [0.2, 0.25) is 5.91 Å². The SMILES string of the molecule is CCNC(=NCCCOCC1CCOCC1)NC1CCN(CC(N)=O)CC1.I. The van der Waals surface area contributed by atoms with Crippen LogP contribution in [0.1, 0.15) is 39.0 Å². The summed E-state index contributed by atoms with van der Waals surface area (Å²) in [4.78, 5) is 17.8. The Morgan fingerprint density at radius 1 is 1.25 bits per heavy atom. The summed E-state index contributed by atoms with van der Waals surface area (Å²) in [5, 5.41) is 6.83. The van der Waals surface area contributed by atoms with Gasteiger partial charge in [-0.2, -0.15) is 0 Å². The number of primary amides is 1. The Morgan fingerprint density at radius 2 is 1.96 bits per heavy atom. The molecular weight excluding hydrogens is 473 g/mol. The lowest BCUT2D eigenvalue weighted by Crippen LogP contribution is -2.49. The molecule has 0 radical (unpaired) electrons. The average Bonchev–Trinajstić information content (AvgIpc) is 2.66. The number of rotatable bonds is 10. The first-order valence-corrected chi connectivity index (χ1v) is 10.4. The van der Waals surface area contributed by atoms with E-state index in [2.05, 4.69) is 27.4 Å². The van der Waals surface area contributed by atoms with Crippen LogP contribution in [-0.2, 0) is 14.3 Å². The third kappa shape index (κ3) is 10.8. The predicted molar refractivity (Wildman–Crippen MR) is 122 cm³/mol. The molecule has 2 saturated heterocycles. The second kappa shape index (κ2) is 15.2. The number of ether oxygens (including phenoxy) is 2. The maximum absolute atomic E-state index is 11.0. The van der Waals surface area contributed by atoms with Crippen molar-refractivity contribution in [1.29, 1.82) is 0 Å². The van der Waals surface area contributed by atoms with Crippen molar-refractivity contribution in [1.82, 2.24) is 15.5 Å². The van der Waals surface area contributed by atoms with Gasteiger partial charge in [-0.3, -0.25) is 14.7 Å². The molecule has 2 aliphatic rings. The van der Waals surface area contributed by atoms with Gasteiger partial charge in [-0.25, -0.2) is 0 Å². The number of halogens is 1. The van der Waals surface area contributed by atoms with Crippen LogP contribution in [0.15, 0.2) is 4.99 Å². The molecule has 0 aromatic rings. The number of nitrogens with zero attached hydrogens (tertiary/aromatic N) is 2. The van der Waals surface area contributed by atoms with E-state index >= 15 is 0 Å². The number of amides is 1. The summed E-state index contributed by atoms with van der Waals surface area (Å²) < 4.78 is 11.2. The van der Waals surface area contributed by atoms with Crippen LogP contribution in [-0.4, -0.2) is 82.0 Å². The molecule has 0 atom stereocenters. The van der Waals surface area contributed by atoms with Gasteiger partial charge in [0.15, 0.2) is 5.96 Å². The fraction of sp³-hybridized carbons (Fsp3) is 0.895. The summed E-state index contributed by atoms with van der Waals surface area (Å²) in [5.74, 6) is 1.27. The highest BCUT2D eigenvalue weighted by Crippen LogP contribution is 2.14. The fourth-order valence-electron chi connectivity index (χ4n) is 3.49. The summed E-state index contributed by atoms with van der Waals surface area (Å²) in [6.45, 7) is 9.14. The van der Waals surface area contributed by atoms with E-state index in [1.807, 2.05) is 0 Å². The van der Waals surface area contributed by atoms with Gasteiger partial charge in [0, 0.05) is 58.6 Å².